The van der Waals surface area contributed by atoms with Crippen molar-refractivity contribution < 1.29 is 0 Å². The second-order valence-electron chi connectivity index (χ2n) is 5.29. The van der Waals surface area contributed by atoms with Gasteiger partial charge in [0.05, 0.1) is 5.92 Å². The van der Waals surface area contributed by atoms with Crippen LogP contribution >= 0.6 is 0 Å². The fourth-order valence-electron chi connectivity index (χ4n) is 3.21. The number of benzene rings is 2. The predicted octanol–water partition coefficient (Wildman–Crippen LogP) is 4.26. The third-order valence-electron chi connectivity index (χ3n) is 4.12. The molecule has 1 heteroatoms. The maximum absolute atomic E-state index is 2.36. The Bertz CT molecular complexity index is 697. The van der Waals surface area contributed by atoms with E-state index >= 15 is 0 Å². The summed E-state index contributed by atoms with van der Waals surface area (Å²) in [4.78, 5) is 0. The summed E-state index contributed by atoms with van der Waals surface area (Å²) in [7, 11) is 0. The monoisotopic (exact) mass is 258 g/mol. The summed E-state index contributed by atoms with van der Waals surface area (Å²) in [5.74, 6) is 1.90. The summed E-state index contributed by atoms with van der Waals surface area (Å²) in [6.07, 6.45) is 2.18. The van der Waals surface area contributed by atoms with Crippen molar-refractivity contribution in [3.63, 3.8) is 0 Å². The molecule has 0 N–H and O–H groups in total. The van der Waals surface area contributed by atoms with Gasteiger partial charge in [-0.1, -0.05) is 60.7 Å². The number of aromatic nitrogens is 1. The molecule has 4 rings (SSSR count). The minimum Gasteiger partial charge on any atom is -0.350 e. The average Bonchev–Trinajstić information content (AvgIpc) is 3.09. The minimum absolute atomic E-state index is 0.454. The van der Waals surface area contributed by atoms with Crippen molar-refractivity contribution in [2.75, 3.05) is 0 Å². The third kappa shape index (κ3) is 1.78. The van der Waals surface area contributed by atoms with Crippen LogP contribution in [0.15, 0.2) is 79.0 Å². The van der Waals surface area contributed by atoms with Crippen LogP contribution in [0.4, 0.5) is 0 Å². The highest BCUT2D eigenvalue weighted by Crippen LogP contribution is 2.43. The molecule has 0 fully saturated rings. The highest BCUT2D eigenvalue weighted by molar-refractivity contribution is 5.51. The summed E-state index contributed by atoms with van der Waals surface area (Å²) in [5.41, 5.74) is 4.08. The summed E-state index contributed by atoms with van der Waals surface area (Å²) in [6, 6.07) is 25.9. The Morgan fingerprint density at radius 2 is 1.45 bits per heavy atom. The van der Waals surface area contributed by atoms with E-state index in [0.29, 0.717) is 5.92 Å². The Morgan fingerprint density at radius 3 is 2.20 bits per heavy atom. The van der Waals surface area contributed by atoms with Crippen molar-refractivity contribution in [2.45, 2.75) is 12.5 Å². The summed E-state index contributed by atoms with van der Waals surface area (Å²) in [5, 5.41) is 0. The molecule has 0 bridgehead atoms. The number of fused-ring (bicyclic) bond motifs is 1. The first-order valence-corrected chi connectivity index (χ1v) is 7.06. The van der Waals surface area contributed by atoms with Gasteiger partial charge in [-0.15, -0.1) is 0 Å². The van der Waals surface area contributed by atoms with Gasteiger partial charge in [-0.3, -0.25) is 0 Å². The highest BCUT2D eigenvalue weighted by atomic mass is 15.0. The third-order valence-corrected chi connectivity index (χ3v) is 4.12. The summed E-state index contributed by atoms with van der Waals surface area (Å²) < 4.78 is 2.36. The van der Waals surface area contributed by atoms with Crippen LogP contribution in [0.3, 0.4) is 0 Å². The molecule has 0 aliphatic carbocycles. The number of rotatable bonds is 2. The largest absolute Gasteiger partial charge is 0.350 e. The lowest BCUT2D eigenvalue weighted by Gasteiger charge is -2.19. The first kappa shape index (κ1) is 11.5. The van der Waals surface area contributed by atoms with Crippen LogP contribution in [-0.4, -0.2) is 4.57 Å². The van der Waals surface area contributed by atoms with Gasteiger partial charge in [0.1, 0.15) is 0 Å². The van der Waals surface area contributed by atoms with Crippen molar-refractivity contribution in [1.82, 2.24) is 4.57 Å². The lowest BCUT2D eigenvalue weighted by molar-refractivity contribution is 0.673. The zero-order chi connectivity index (χ0) is 13.4. The number of hydrogen-bond donors (Lipinski definition) is 0. The minimum atomic E-state index is 0.454. The van der Waals surface area contributed by atoms with E-state index in [9.17, 15) is 0 Å². The van der Waals surface area contributed by atoms with Crippen LogP contribution in [0.1, 0.15) is 22.7 Å². The van der Waals surface area contributed by atoms with Crippen LogP contribution in [-0.2, 0) is 6.54 Å². The zero-order valence-corrected chi connectivity index (χ0v) is 11.2. The Kier molecular flexibility index (Phi) is 2.70. The average molecular weight is 258 g/mol. The topological polar surface area (TPSA) is 4.93 Å². The fourth-order valence-corrected chi connectivity index (χ4v) is 3.21. The Morgan fingerprint density at radius 1 is 0.750 bits per heavy atom. The SMILES string of the molecule is c1ccc([C]2c3cccn3CC2c2ccccc2)cc1. The lowest BCUT2D eigenvalue weighted by atomic mass is 9.82. The molecule has 0 amide bonds. The molecular weight excluding hydrogens is 242 g/mol. The van der Waals surface area contributed by atoms with Crippen LogP contribution in [0, 0.1) is 5.92 Å². The molecule has 1 unspecified atom stereocenters. The Balaban J connectivity index is 1.83. The molecule has 97 valence electrons. The molecule has 1 radical (unpaired) electrons. The van der Waals surface area contributed by atoms with Crippen LogP contribution in [0.5, 0.6) is 0 Å². The molecule has 1 atom stereocenters. The number of hydrogen-bond acceptors (Lipinski definition) is 0. The molecule has 0 saturated carbocycles. The maximum Gasteiger partial charge on any atom is 0.0598 e. The molecule has 1 aliphatic rings. The van der Waals surface area contributed by atoms with Crippen molar-refractivity contribution in [2.24, 2.45) is 0 Å². The normalized spacial score (nSPS) is 18.1. The molecule has 1 nitrogen and oxygen atoms in total. The molecule has 1 aliphatic heterocycles. The van der Waals surface area contributed by atoms with Gasteiger partial charge in [0.25, 0.3) is 0 Å². The summed E-state index contributed by atoms with van der Waals surface area (Å²) >= 11 is 0. The second-order valence-corrected chi connectivity index (χ2v) is 5.29. The van der Waals surface area contributed by atoms with Crippen molar-refractivity contribution >= 4 is 0 Å². The van der Waals surface area contributed by atoms with Gasteiger partial charge in [0.15, 0.2) is 0 Å². The van der Waals surface area contributed by atoms with E-state index in [-0.39, 0.29) is 0 Å². The molecule has 2 heterocycles. The van der Waals surface area contributed by atoms with E-state index < -0.39 is 0 Å². The fraction of sp³-hybridized carbons (Fsp3) is 0.105. The molecule has 20 heavy (non-hydrogen) atoms. The van der Waals surface area contributed by atoms with E-state index in [1.807, 2.05) is 0 Å². The lowest BCUT2D eigenvalue weighted by Crippen LogP contribution is -2.09. The van der Waals surface area contributed by atoms with E-state index in [2.05, 4.69) is 83.6 Å². The van der Waals surface area contributed by atoms with Gasteiger partial charge >= 0.3 is 0 Å². The quantitative estimate of drug-likeness (QED) is 0.647. The maximum atomic E-state index is 2.36. The zero-order valence-electron chi connectivity index (χ0n) is 11.2. The second kappa shape index (κ2) is 4.68. The van der Waals surface area contributed by atoms with E-state index in [0.717, 1.165) is 6.54 Å². The predicted molar refractivity (Wildman–Crippen MR) is 81.5 cm³/mol. The number of nitrogens with zero attached hydrogens (tertiary/aromatic N) is 1. The molecular formula is C19H16N. The van der Waals surface area contributed by atoms with Gasteiger partial charge in [-0.05, 0) is 23.3 Å². The van der Waals surface area contributed by atoms with Gasteiger partial charge in [0.2, 0.25) is 0 Å². The van der Waals surface area contributed by atoms with E-state index in [4.69, 9.17) is 0 Å². The van der Waals surface area contributed by atoms with Crippen LogP contribution in [0.2, 0.25) is 0 Å². The molecule has 1 aromatic heterocycles. The first-order chi connectivity index (χ1) is 9.93. The molecule has 2 aromatic carbocycles. The van der Waals surface area contributed by atoms with Gasteiger partial charge in [0, 0.05) is 24.4 Å². The van der Waals surface area contributed by atoms with Gasteiger partial charge < -0.3 is 4.57 Å². The summed E-state index contributed by atoms with van der Waals surface area (Å²) in [6.45, 7) is 1.04. The van der Waals surface area contributed by atoms with Crippen molar-refractivity contribution in [1.29, 1.82) is 0 Å². The van der Waals surface area contributed by atoms with Crippen LogP contribution < -0.4 is 0 Å². The highest BCUT2D eigenvalue weighted by Gasteiger charge is 2.34. The van der Waals surface area contributed by atoms with Crippen LogP contribution in [0.25, 0.3) is 0 Å². The van der Waals surface area contributed by atoms with Crippen molar-refractivity contribution in [3.05, 3.63) is 102 Å². The van der Waals surface area contributed by atoms with Gasteiger partial charge in [-0.2, -0.15) is 0 Å². The van der Waals surface area contributed by atoms with Gasteiger partial charge in [-0.25, -0.2) is 0 Å². The molecule has 3 aromatic rings. The molecule has 0 spiro atoms. The van der Waals surface area contributed by atoms with E-state index in [1.54, 1.807) is 0 Å². The smallest absolute Gasteiger partial charge is 0.0598 e. The molecule has 0 saturated heterocycles. The Hall–Kier alpha value is -2.28. The first-order valence-electron chi connectivity index (χ1n) is 7.06. The Labute approximate surface area is 119 Å². The van der Waals surface area contributed by atoms with E-state index in [1.165, 1.54) is 22.7 Å². The standard InChI is InChI=1S/C19H16N/c1-3-8-15(9-4-1)17-14-20-13-7-12-18(20)19(17)16-10-5-2-6-11-16/h1-13,17H,14H2. The van der Waals surface area contributed by atoms with Crippen molar-refractivity contribution in [3.8, 4) is 0 Å².